The average molecular weight is 787 g/mol. The molecular formula is C48H70N2O7. The van der Waals surface area contributed by atoms with Crippen LogP contribution in [0, 0.1) is 56.2 Å². The zero-order chi connectivity index (χ0) is 42.1. The highest BCUT2D eigenvalue weighted by atomic mass is 16.5. The van der Waals surface area contributed by atoms with Crippen molar-refractivity contribution >= 4 is 29.5 Å². The molecule has 0 bridgehead atoms. The number of fused-ring (bicyclic) bond motifs is 7. The minimum Gasteiger partial charge on any atom is -0.481 e. The maximum absolute atomic E-state index is 14.3. The van der Waals surface area contributed by atoms with E-state index in [9.17, 15) is 29.1 Å². The van der Waals surface area contributed by atoms with Crippen LogP contribution >= 0.6 is 0 Å². The van der Waals surface area contributed by atoms with Crippen LogP contribution in [0.4, 0.5) is 0 Å². The number of ketones is 1. The van der Waals surface area contributed by atoms with Gasteiger partial charge in [-0.2, -0.15) is 0 Å². The van der Waals surface area contributed by atoms with Crippen molar-refractivity contribution in [1.29, 1.82) is 0 Å². The monoisotopic (exact) mass is 787 g/mol. The fourth-order valence-electron chi connectivity index (χ4n) is 13.6. The molecule has 5 aliphatic carbocycles. The molecular weight excluding hydrogens is 717 g/mol. The number of ether oxygens (including phenoxy) is 1. The number of Topliss-reactive ketones (excluding diaryl/α,β-unsaturated/α-hetero) is 1. The van der Waals surface area contributed by atoms with Crippen molar-refractivity contribution in [2.45, 2.75) is 146 Å². The predicted molar refractivity (Wildman–Crippen MR) is 221 cm³/mol. The molecule has 5 aliphatic rings. The van der Waals surface area contributed by atoms with Crippen molar-refractivity contribution in [1.82, 2.24) is 9.80 Å². The lowest BCUT2D eigenvalue weighted by molar-refractivity contribution is -0.233. The number of carbonyl (C=O) groups excluding carboxylic acids is 4. The summed E-state index contributed by atoms with van der Waals surface area (Å²) in [5.41, 5.74) is 1.64. The van der Waals surface area contributed by atoms with Crippen LogP contribution < -0.4 is 0 Å². The molecule has 0 saturated heterocycles. The third kappa shape index (κ3) is 7.08. The standard InChI is InChI=1S/C48H70N2O7/c1-30(2)38-33(51)27-48(25-26-50(41(54)40(53)49(10)11)29-31-15-13-12-14-16-31)24-23-46(8)32(39(38)48)17-18-35-45(7)21-20-36(57-37(52)28-43(3,4)42(55)56)44(5,6)34(45)19-22-47(35,46)9/h12-16,30,32,34-36H,17-29H2,1-11H3,(H,55,56)/t32-,34-,35-,36+,45+,46-,47-,48-/m1/s1. The van der Waals surface area contributed by atoms with Crippen LogP contribution in [-0.2, 0) is 35.3 Å². The summed E-state index contributed by atoms with van der Waals surface area (Å²) < 4.78 is 6.18. The first-order valence-corrected chi connectivity index (χ1v) is 21.7. The second-order valence-corrected chi connectivity index (χ2v) is 21.3. The van der Waals surface area contributed by atoms with Gasteiger partial charge in [-0.25, -0.2) is 0 Å². The second kappa shape index (κ2) is 15.0. The Bertz CT molecular complexity index is 1810. The number of nitrogens with zero attached hydrogens (tertiary/aromatic N) is 2. The zero-order valence-electron chi connectivity index (χ0n) is 36.8. The molecule has 0 heterocycles. The van der Waals surface area contributed by atoms with Gasteiger partial charge < -0.3 is 19.6 Å². The van der Waals surface area contributed by atoms with Crippen LogP contribution in [0.5, 0.6) is 0 Å². The number of hydrogen-bond donors (Lipinski definition) is 1. The smallest absolute Gasteiger partial charge is 0.312 e. The molecule has 8 atom stereocenters. The Morgan fingerprint density at radius 3 is 2.14 bits per heavy atom. The number of likely N-dealkylation sites (N-methyl/N-ethyl adjacent to an activating group) is 1. The summed E-state index contributed by atoms with van der Waals surface area (Å²) in [5.74, 6) is -1.02. The molecule has 4 fully saturated rings. The van der Waals surface area contributed by atoms with Crippen LogP contribution in [0.25, 0.3) is 0 Å². The molecule has 314 valence electrons. The zero-order valence-corrected chi connectivity index (χ0v) is 36.8. The molecule has 1 aromatic carbocycles. The van der Waals surface area contributed by atoms with Gasteiger partial charge in [0.25, 0.3) is 0 Å². The van der Waals surface area contributed by atoms with E-state index < -0.39 is 29.2 Å². The highest BCUT2D eigenvalue weighted by Crippen LogP contribution is 2.77. The van der Waals surface area contributed by atoms with Crippen LogP contribution in [0.3, 0.4) is 0 Å². The number of carbonyl (C=O) groups is 5. The lowest BCUT2D eigenvalue weighted by Crippen LogP contribution is -2.65. The topological polar surface area (TPSA) is 121 Å². The first-order valence-electron chi connectivity index (χ1n) is 21.7. The number of benzene rings is 1. The van der Waals surface area contributed by atoms with Gasteiger partial charge in [0.1, 0.15) is 6.10 Å². The predicted octanol–water partition coefficient (Wildman–Crippen LogP) is 8.89. The molecule has 1 N–H and O–H groups in total. The first kappa shape index (κ1) is 43.1. The number of allylic oxidation sites excluding steroid dienone is 2. The summed E-state index contributed by atoms with van der Waals surface area (Å²) in [6, 6.07) is 9.84. The molecule has 57 heavy (non-hydrogen) atoms. The fraction of sp³-hybridized carbons (Fsp3) is 0.729. The molecule has 4 saturated carbocycles. The third-order valence-corrected chi connectivity index (χ3v) is 16.9. The normalized spacial score (nSPS) is 34.4. The molecule has 6 rings (SSSR count). The summed E-state index contributed by atoms with van der Waals surface area (Å²) in [6.45, 7) is 20.4. The van der Waals surface area contributed by atoms with Gasteiger partial charge in [0, 0.05) is 44.4 Å². The largest absolute Gasteiger partial charge is 0.481 e. The van der Waals surface area contributed by atoms with E-state index in [1.807, 2.05) is 30.3 Å². The Hall–Kier alpha value is -3.49. The molecule has 9 nitrogen and oxygen atoms in total. The Labute approximate surface area is 341 Å². The maximum atomic E-state index is 14.3. The highest BCUT2D eigenvalue weighted by molar-refractivity contribution is 6.34. The number of hydrogen-bond acceptors (Lipinski definition) is 6. The number of carboxylic acids is 1. The quantitative estimate of drug-likeness (QED) is 0.186. The van der Waals surface area contributed by atoms with E-state index >= 15 is 0 Å². The number of carboxylic acid groups (broad SMARTS) is 1. The lowest BCUT2D eigenvalue weighted by Gasteiger charge is -2.72. The van der Waals surface area contributed by atoms with E-state index in [2.05, 4.69) is 48.5 Å². The van der Waals surface area contributed by atoms with Crippen LogP contribution in [0.1, 0.15) is 139 Å². The Morgan fingerprint density at radius 2 is 1.53 bits per heavy atom. The van der Waals surface area contributed by atoms with Gasteiger partial charge in [0.2, 0.25) is 0 Å². The molecule has 1 aromatic rings. The summed E-state index contributed by atoms with van der Waals surface area (Å²) in [7, 11) is 3.23. The van der Waals surface area contributed by atoms with Gasteiger partial charge in [-0.15, -0.1) is 0 Å². The van der Waals surface area contributed by atoms with E-state index in [0.29, 0.717) is 37.8 Å². The van der Waals surface area contributed by atoms with Crippen molar-refractivity contribution in [2.24, 2.45) is 56.2 Å². The fourth-order valence-corrected chi connectivity index (χ4v) is 13.6. The van der Waals surface area contributed by atoms with Crippen molar-refractivity contribution in [3.8, 4) is 0 Å². The van der Waals surface area contributed by atoms with Crippen molar-refractivity contribution < 1.29 is 33.8 Å². The Balaban J connectivity index is 1.29. The molecule has 0 spiro atoms. The van der Waals surface area contributed by atoms with Crippen LogP contribution in [-0.4, -0.2) is 71.2 Å². The van der Waals surface area contributed by atoms with E-state index in [-0.39, 0.29) is 57.2 Å². The average Bonchev–Trinajstić information content (AvgIpc) is 3.43. The minimum atomic E-state index is -1.18. The number of aliphatic carboxylic acids is 1. The third-order valence-electron chi connectivity index (χ3n) is 16.9. The minimum absolute atomic E-state index is 0.0240. The summed E-state index contributed by atoms with van der Waals surface area (Å²) in [4.78, 5) is 69.0. The van der Waals surface area contributed by atoms with Gasteiger partial charge in [-0.1, -0.05) is 84.4 Å². The van der Waals surface area contributed by atoms with Gasteiger partial charge in [-0.3, -0.25) is 24.0 Å². The SMILES string of the molecule is CC(C)C1=C2[C@H]3CC[C@@H]4[C@@]5(C)CC[C@H](OC(=O)CC(C)(C)C(=O)O)C(C)(C)[C@H]5CC[C@@]4(C)[C@]3(C)CC[C@@]2(CCN(Cc2ccccc2)C(=O)C(=O)N(C)C)CC1=O. The van der Waals surface area contributed by atoms with E-state index in [1.54, 1.807) is 32.8 Å². The number of rotatable bonds is 10. The van der Waals surface area contributed by atoms with E-state index in [0.717, 1.165) is 62.5 Å². The van der Waals surface area contributed by atoms with Crippen LogP contribution in [0.2, 0.25) is 0 Å². The van der Waals surface area contributed by atoms with Crippen molar-refractivity contribution in [2.75, 3.05) is 20.6 Å². The van der Waals surface area contributed by atoms with Gasteiger partial charge in [0.05, 0.1) is 11.8 Å². The number of amides is 2. The molecule has 0 radical (unpaired) electrons. The van der Waals surface area contributed by atoms with Gasteiger partial charge in [0.15, 0.2) is 5.78 Å². The Kier molecular flexibility index (Phi) is 11.3. The summed E-state index contributed by atoms with van der Waals surface area (Å²) in [6.07, 6.45) is 8.56. The van der Waals surface area contributed by atoms with Gasteiger partial charge >= 0.3 is 23.8 Å². The summed E-state index contributed by atoms with van der Waals surface area (Å²) >= 11 is 0. The lowest BCUT2D eigenvalue weighted by atomic mass is 9.33. The molecule has 9 heteroatoms. The van der Waals surface area contributed by atoms with Crippen molar-refractivity contribution in [3.63, 3.8) is 0 Å². The first-order chi connectivity index (χ1) is 26.4. The maximum Gasteiger partial charge on any atom is 0.312 e. The highest BCUT2D eigenvalue weighted by Gasteiger charge is 2.70. The van der Waals surface area contributed by atoms with Crippen molar-refractivity contribution in [3.05, 3.63) is 47.0 Å². The van der Waals surface area contributed by atoms with Crippen LogP contribution in [0.15, 0.2) is 41.5 Å². The molecule has 0 unspecified atom stereocenters. The van der Waals surface area contributed by atoms with Gasteiger partial charge in [-0.05, 0) is 123 Å². The number of esters is 1. The Morgan fingerprint density at radius 1 is 0.860 bits per heavy atom. The van der Waals surface area contributed by atoms with E-state index in [4.69, 9.17) is 4.74 Å². The molecule has 2 amide bonds. The second-order valence-electron chi connectivity index (χ2n) is 21.3. The molecule has 0 aliphatic heterocycles. The summed E-state index contributed by atoms with van der Waals surface area (Å²) in [5, 5.41) is 9.64. The molecule has 0 aromatic heterocycles. The van der Waals surface area contributed by atoms with E-state index in [1.165, 1.54) is 10.5 Å².